The average Bonchev–Trinajstić information content (AvgIpc) is 2.26. The molecule has 0 spiro atoms. The van der Waals surface area contributed by atoms with Crippen LogP contribution in [0.1, 0.15) is 55.7 Å². The molecule has 19 heavy (non-hydrogen) atoms. The van der Waals surface area contributed by atoms with E-state index in [1.165, 1.54) is 0 Å². The van der Waals surface area contributed by atoms with Crippen molar-refractivity contribution in [1.29, 1.82) is 0 Å². The molecule has 1 fully saturated rings. The molecule has 0 amide bonds. The summed E-state index contributed by atoms with van der Waals surface area (Å²) in [5.41, 5.74) is 2.28. The molecular weight excluding hydrogens is 240 g/mol. The minimum atomic E-state index is -0.739. The Morgan fingerprint density at radius 3 is 2.37 bits per heavy atom. The minimum Gasteiger partial charge on any atom is -0.496 e. The van der Waals surface area contributed by atoms with Crippen LogP contribution in [-0.2, 0) is 10.2 Å². The number of methoxy groups -OCH3 is 1. The van der Waals surface area contributed by atoms with Gasteiger partial charge in [-0.1, -0.05) is 32.4 Å². The number of ether oxygens (including phenoxy) is 1. The SMILES string of the molecule is COc1c(C)ccc(C(C)C)c1C1(C(=O)O)CCC1. The molecule has 1 aliphatic rings. The number of hydrogen-bond acceptors (Lipinski definition) is 2. The highest BCUT2D eigenvalue weighted by Crippen LogP contribution is 2.50. The van der Waals surface area contributed by atoms with E-state index in [2.05, 4.69) is 19.9 Å². The summed E-state index contributed by atoms with van der Waals surface area (Å²) in [7, 11) is 1.63. The molecule has 0 heterocycles. The molecule has 2 rings (SSSR count). The Bertz CT molecular complexity index is 499. The summed E-state index contributed by atoms with van der Waals surface area (Å²) in [6.07, 6.45) is 2.39. The summed E-state index contributed by atoms with van der Waals surface area (Å²) in [6.45, 7) is 6.17. The number of carboxylic acids is 1. The zero-order chi connectivity index (χ0) is 14.2. The van der Waals surface area contributed by atoms with Crippen LogP contribution in [0, 0.1) is 6.92 Å². The lowest BCUT2D eigenvalue weighted by molar-refractivity contribution is -0.147. The van der Waals surface area contributed by atoms with E-state index in [0.717, 1.165) is 28.9 Å². The Morgan fingerprint density at radius 1 is 1.37 bits per heavy atom. The number of carboxylic acid groups (broad SMARTS) is 1. The van der Waals surface area contributed by atoms with Crippen molar-refractivity contribution in [3.63, 3.8) is 0 Å². The molecular formula is C16H22O3. The number of aliphatic carboxylic acids is 1. The third-order valence-corrected chi connectivity index (χ3v) is 4.31. The van der Waals surface area contributed by atoms with Gasteiger partial charge < -0.3 is 9.84 Å². The molecule has 3 heteroatoms. The van der Waals surface area contributed by atoms with Crippen LogP contribution in [0.2, 0.25) is 0 Å². The van der Waals surface area contributed by atoms with Crippen LogP contribution in [0.4, 0.5) is 0 Å². The number of hydrogen-bond donors (Lipinski definition) is 1. The van der Waals surface area contributed by atoms with Crippen molar-refractivity contribution in [3.05, 3.63) is 28.8 Å². The summed E-state index contributed by atoms with van der Waals surface area (Å²) < 4.78 is 5.54. The van der Waals surface area contributed by atoms with Crippen molar-refractivity contribution in [3.8, 4) is 5.75 Å². The van der Waals surface area contributed by atoms with Gasteiger partial charge in [0.15, 0.2) is 0 Å². The Labute approximate surface area is 114 Å². The van der Waals surface area contributed by atoms with Gasteiger partial charge >= 0.3 is 5.97 Å². The predicted molar refractivity (Wildman–Crippen MR) is 75.0 cm³/mol. The highest BCUT2D eigenvalue weighted by atomic mass is 16.5. The summed E-state index contributed by atoms with van der Waals surface area (Å²) in [5.74, 6) is 0.333. The van der Waals surface area contributed by atoms with Gasteiger partial charge in [0, 0.05) is 5.56 Å². The fourth-order valence-corrected chi connectivity index (χ4v) is 3.04. The predicted octanol–water partition coefficient (Wildman–Crippen LogP) is 3.63. The van der Waals surface area contributed by atoms with Crippen LogP contribution >= 0.6 is 0 Å². The summed E-state index contributed by atoms with van der Waals surface area (Å²) >= 11 is 0. The molecule has 0 saturated heterocycles. The third kappa shape index (κ3) is 2.01. The second-order valence-electron chi connectivity index (χ2n) is 5.78. The Balaban J connectivity index is 2.71. The average molecular weight is 262 g/mol. The van der Waals surface area contributed by atoms with Crippen LogP contribution < -0.4 is 4.74 Å². The highest BCUT2D eigenvalue weighted by Gasteiger charge is 2.49. The zero-order valence-corrected chi connectivity index (χ0v) is 12.1. The van der Waals surface area contributed by atoms with Crippen molar-refractivity contribution < 1.29 is 14.6 Å². The topological polar surface area (TPSA) is 46.5 Å². The Kier molecular flexibility index (Phi) is 3.57. The van der Waals surface area contributed by atoms with Crippen LogP contribution in [0.5, 0.6) is 5.75 Å². The normalized spacial score (nSPS) is 17.1. The molecule has 1 aliphatic carbocycles. The second kappa shape index (κ2) is 4.87. The highest BCUT2D eigenvalue weighted by molar-refractivity contribution is 5.85. The van der Waals surface area contributed by atoms with E-state index < -0.39 is 11.4 Å². The Morgan fingerprint density at radius 2 is 2.00 bits per heavy atom. The van der Waals surface area contributed by atoms with Crippen molar-refractivity contribution in [2.75, 3.05) is 7.11 Å². The second-order valence-corrected chi connectivity index (χ2v) is 5.78. The Hall–Kier alpha value is -1.51. The zero-order valence-electron chi connectivity index (χ0n) is 12.1. The van der Waals surface area contributed by atoms with Crippen molar-refractivity contribution in [2.24, 2.45) is 0 Å². The van der Waals surface area contributed by atoms with Gasteiger partial charge in [0.2, 0.25) is 0 Å². The minimum absolute atomic E-state index is 0.293. The van der Waals surface area contributed by atoms with E-state index >= 15 is 0 Å². The largest absolute Gasteiger partial charge is 0.496 e. The molecule has 3 nitrogen and oxygen atoms in total. The molecule has 0 radical (unpaired) electrons. The van der Waals surface area contributed by atoms with Gasteiger partial charge in [-0.3, -0.25) is 4.79 Å². The summed E-state index contributed by atoms with van der Waals surface area (Å²) in [4.78, 5) is 11.8. The van der Waals surface area contributed by atoms with Crippen molar-refractivity contribution in [2.45, 2.75) is 51.4 Å². The summed E-state index contributed by atoms with van der Waals surface area (Å²) in [6, 6.07) is 4.08. The fraction of sp³-hybridized carbons (Fsp3) is 0.562. The standard InChI is InChI=1S/C16H22O3/c1-10(2)12-7-6-11(3)14(19-4)13(12)16(15(17)18)8-5-9-16/h6-7,10H,5,8-9H2,1-4H3,(H,17,18). The van der Waals surface area contributed by atoms with Crippen molar-refractivity contribution >= 4 is 5.97 Å². The number of aryl methyl sites for hydroxylation is 1. The maximum Gasteiger partial charge on any atom is 0.314 e. The molecule has 1 aromatic rings. The molecule has 1 N–H and O–H groups in total. The lowest BCUT2D eigenvalue weighted by Gasteiger charge is -2.41. The van der Waals surface area contributed by atoms with E-state index in [9.17, 15) is 9.90 Å². The van der Waals surface area contributed by atoms with Gasteiger partial charge in [0.25, 0.3) is 0 Å². The molecule has 0 aromatic heterocycles. The monoisotopic (exact) mass is 262 g/mol. The lowest BCUT2D eigenvalue weighted by Crippen LogP contribution is -2.43. The third-order valence-electron chi connectivity index (χ3n) is 4.31. The number of carbonyl (C=O) groups is 1. The van der Waals surface area contributed by atoms with Crippen LogP contribution in [-0.4, -0.2) is 18.2 Å². The first-order valence-corrected chi connectivity index (χ1v) is 6.85. The first kappa shape index (κ1) is 13.9. The molecule has 104 valence electrons. The first-order chi connectivity index (χ1) is 8.94. The van der Waals surface area contributed by atoms with E-state index in [0.29, 0.717) is 18.8 Å². The number of benzene rings is 1. The van der Waals surface area contributed by atoms with Crippen molar-refractivity contribution in [1.82, 2.24) is 0 Å². The first-order valence-electron chi connectivity index (χ1n) is 6.85. The van der Waals surface area contributed by atoms with Crippen LogP contribution in [0.25, 0.3) is 0 Å². The van der Waals surface area contributed by atoms with Crippen LogP contribution in [0.3, 0.4) is 0 Å². The van der Waals surface area contributed by atoms with Gasteiger partial charge in [0.05, 0.1) is 12.5 Å². The van der Waals surface area contributed by atoms with E-state index in [1.54, 1.807) is 7.11 Å². The molecule has 0 unspecified atom stereocenters. The van der Waals surface area contributed by atoms with Gasteiger partial charge in [-0.05, 0) is 36.8 Å². The molecule has 0 aliphatic heterocycles. The van der Waals surface area contributed by atoms with E-state index in [1.807, 2.05) is 13.0 Å². The molecule has 0 atom stereocenters. The van der Waals surface area contributed by atoms with Gasteiger partial charge in [0.1, 0.15) is 5.75 Å². The van der Waals surface area contributed by atoms with Gasteiger partial charge in [-0.25, -0.2) is 0 Å². The van der Waals surface area contributed by atoms with Crippen LogP contribution in [0.15, 0.2) is 12.1 Å². The molecule has 0 bridgehead atoms. The van der Waals surface area contributed by atoms with E-state index in [4.69, 9.17) is 4.74 Å². The van der Waals surface area contributed by atoms with Gasteiger partial charge in [-0.2, -0.15) is 0 Å². The van der Waals surface area contributed by atoms with E-state index in [-0.39, 0.29) is 0 Å². The lowest BCUT2D eigenvalue weighted by atomic mass is 9.62. The maximum absolute atomic E-state index is 11.8. The van der Waals surface area contributed by atoms with Gasteiger partial charge in [-0.15, -0.1) is 0 Å². The summed E-state index contributed by atoms with van der Waals surface area (Å²) in [5, 5.41) is 9.70. The fourth-order valence-electron chi connectivity index (χ4n) is 3.04. The molecule has 1 aromatic carbocycles. The molecule has 1 saturated carbocycles. The maximum atomic E-state index is 11.8. The number of rotatable bonds is 4. The quantitative estimate of drug-likeness (QED) is 0.901. The smallest absolute Gasteiger partial charge is 0.314 e.